The van der Waals surface area contributed by atoms with Crippen LogP contribution in [0.15, 0.2) is 30.3 Å². The zero-order chi connectivity index (χ0) is 19.0. The first-order chi connectivity index (χ1) is 13.0. The molecule has 144 valence electrons. The van der Waals surface area contributed by atoms with Crippen molar-refractivity contribution in [3.63, 3.8) is 0 Å². The maximum Gasteiger partial charge on any atom is 0.325 e. The summed E-state index contributed by atoms with van der Waals surface area (Å²) in [5.41, 5.74) is 0.417. The van der Waals surface area contributed by atoms with Gasteiger partial charge in [0.25, 0.3) is 5.91 Å². The lowest BCUT2D eigenvalue weighted by Gasteiger charge is -2.21. The van der Waals surface area contributed by atoms with E-state index in [0.29, 0.717) is 0 Å². The molecule has 3 aliphatic rings. The number of urea groups is 1. The fourth-order valence-corrected chi connectivity index (χ4v) is 4.15. The second kappa shape index (κ2) is 6.96. The van der Waals surface area contributed by atoms with Crippen LogP contribution in [0.2, 0.25) is 0 Å². The Bertz CT molecular complexity index is 749. The molecule has 2 heterocycles. The molecule has 27 heavy (non-hydrogen) atoms. The first kappa shape index (κ1) is 18.0. The van der Waals surface area contributed by atoms with Gasteiger partial charge in [-0.2, -0.15) is 0 Å². The van der Waals surface area contributed by atoms with Crippen molar-refractivity contribution in [2.45, 2.75) is 44.3 Å². The summed E-state index contributed by atoms with van der Waals surface area (Å²) < 4.78 is 0. The Morgan fingerprint density at radius 2 is 1.96 bits per heavy atom. The molecule has 2 saturated heterocycles. The molecule has 0 spiro atoms. The van der Waals surface area contributed by atoms with Crippen LogP contribution >= 0.6 is 0 Å². The van der Waals surface area contributed by atoms with Crippen LogP contribution in [-0.4, -0.2) is 58.9 Å². The summed E-state index contributed by atoms with van der Waals surface area (Å²) in [6, 6.07) is 9.84. The van der Waals surface area contributed by atoms with Gasteiger partial charge in [-0.1, -0.05) is 30.3 Å². The van der Waals surface area contributed by atoms with Gasteiger partial charge in [0, 0.05) is 25.7 Å². The highest BCUT2D eigenvalue weighted by Gasteiger charge is 2.56. The third-order valence-electron chi connectivity index (χ3n) is 5.88. The topological polar surface area (TPSA) is 81.8 Å². The lowest BCUT2D eigenvalue weighted by molar-refractivity contribution is -0.135. The molecule has 7 nitrogen and oxygen atoms in total. The van der Waals surface area contributed by atoms with Crippen molar-refractivity contribution in [3.8, 4) is 0 Å². The first-order valence-corrected chi connectivity index (χ1v) is 9.65. The Balaban J connectivity index is 1.27. The first-order valence-electron chi connectivity index (χ1n) is 9.65. The molecule has 1 aromatic carbocycles. The average molecular weight is 370 g/mol. The van der Waals surface area contributed by atoms with Crippen LogP contribution in [0, 0.1) is 5.92 Å². The maximum atomic E-state index is 12.6. The van der Waals surface area contributed by atoms with Crippen LogP contribution in [0.25, 0.3) is 0 Å². The molecule has 7 heteroatoms. The minimum atomic E-state index is -0.836. The number of carbonyl (C=O) groups excluding carboxylic acids is 3. The van der Waals surface area contributed by atoms with Gasteiger partial charge in [0.05, 0.1) is 0 Å². The lowest BCUT2D eigenvalue weighted by Crippen LogP contribution is -2.48. The molecule has 1 aliphatic carbocycles. The molecule has 2 aliphatic heterocycles. The fourth-order valence-electron chi connectivity index (χ4n) is 4.15. The molecule has 4 rings (SSSR count). The van der Waals surface area contributed by atoms with Crippen molar-refractivity contribution in [2.75, 3.05) is 19.6 Å². The molecule has 2 atom stereocenters. The zero-order valence-electron chi connectivity index (χ0n) is 15.6. The Morgan fingerprint density at radius 1 is 1.22 bits per heavy atom. The highest BCUT2D eigenvalue weighted by atomic mass is 16.2. The molecule has 3 fully saturated rings. The van der Waals surface area contributed by atoms with E-state index >= 15 is 0 Å². The predicted molar refractivity (Wildman–Crippen MR) is 99.6 cm³/mol. The summed E-state index contributed by atoms with van der Waals surface area (Å²) in [4.78, 5) is 40.5. The van der Waals surface area contributed by atoms with Gasteiger partial charge in [-0.05, 0) is 37.7 Å². The molecular formula is C20H26N4O3. The molecule has 0 radical (unpaired) electrons. The minimum Gasteiger partial charge on any atom is -0.350 e. The summed E-state index contributed by atoms with van der Waals surface area (Å²) in [5.74, 6) is -0.351. The molecule has 1 saturated carbocycles. The summed E-state index contributed by atoms with van der Waals surface area (Å²) in [6.07, 6.45) is 2.77. The van der Waals surface area contributed by atoms with Gasteiger partial charge in [0.15, 0.2) is 0 Å². The molecule has 4 amide bonds. The number of imide groups is 1. The number of hydrogen-bond acceptors (Lipinski definition) is 4. The Kier molecular flexibility index (Phi) is 4.63. The van der Waals surface area contributed by atoms with Gasteiger partial charge < -0.3 is 10.6 Å². The highest BCUT2D eigenvalue weighted by molar-refractivity contribution is 6.09. The summed E-state index contributed by atoms with van der Waals surface area (Å²) in [7, 11) is 0. The lowest BCUT2D eigenvalue weighted by atomic mass is 9.96. The molecule has 2 N–H and O–H groups in total. The van der Waals surface area contributed by atoms with Crippen molar-refractivity contribution in [3.05, 3.63) is 35.9 Å². The van der Waals surface area contributed by atoms with Crippen LogP contribution < -0.4 is 10.6 Å². The summed E-state index contributed by atoms with van der Waals surface area (Å²) in [5, 5.41) is 5.75. The molecule has 0 aromatic heterocycles. The van der Waals surface area contributed by atoms with E-state index in [-0.39, 0.29) is 30.3 Å². The van der Waals surface area contributed by atoms with Crippen LogP contribution in [-0.2, 0) is 16.1 Å². The van der Waals surface area contributed by atoms with Gasteiger partial charge in [0.2, 0.25) is 5.91 Å². The standard InChI is InChI=1S/C20H26N4O3/c1-20(15-7-8-15)18(26)24(19(27)22-20)13-17(25)21-16-9-10-23(12-16)11-14-5-3-2-4-6-14/h2-6,15-16H,7-13H2,1H3,(H,21,25)(H,22,27)/t16-,20-/m1/s1. The largest absolute Gasteiger partial charge is 0.350 e. The second-order valence-electron chi connectivity index (χ2n) is 8.07. The Hall–Kier alpha value is -2.41. The van der Waals surface area contributed by atoms with Crippen LogP contribution in [0.5, 0.6) is 0 Å². The van der Waals surface area contributed by atoms with Crippen LogP contribution in [0.1, 0.15) is 31.7 Å². The third kappa shape index (κ3) is 3.69. The molecule has 1 aromatic rings. The summed E-state index contributed by atoms with van der Waals surface area (Å²) in [6.45, 7) is 4.12. The normalized spacial score (nSPS) is 28.5. The predicted octanol–water partition coefficient (Wildman–Crippen LogP) is 1.10. The Labute approximate surface area is 159 Å². The number of hydrogen-bond donors (Lipinski definition) is 2. The number of nitrogens with zero attached hydrogens (tertiary/aromatic N) is 2. The van der Waals surface area contributed by atoms with Gasteiger partial charge >= 0.3 is 6.03 Å². The quantitative estimate of drug-likeness (QED) is 0.735. The number of carbonyl (C=O) groups is 3. The van der Waals surface area contributed by atoms with Crippen molar-refractivity contribution in [1.29, 1.82) is 0 Å². The van der Waals surface area contributed by atoms with Crippen molar-refractivity contribution in [1.82, 2.24) is 20.4 Å². The SMILES string of the molecule is C[C@]1(C2CC2)NC(=O)N(CC(=O)N[C@@H]2CCN(Cc3ccccc3)C2)C1=O. The molecular weight excluding hydrogens is 344 g/mol. The van der Waals surface area contributed by atoms with Crippen molar-refractivity contribution < 1.29 is 14.4 Å². The van der Waals surface area contributed by atoms with E-state index in [1.165, 1.54) is 5.56 Å². The number of likely N-dealkylation sites (tertiary alicyclic amines) is 1. The van der Waals surface area contributed by atoms with Crippen molar-refractivity contribution in [2.24, 2.45) is 5.92 Å². The van der Waals surface area contributed by atoms with Gasteiger partial charge in [0.1, 0.15) is 12.1 Å². The van der Waals surface area contributed by atoms with Gasteiger partial charge in [-0.25, -0.2) is 4.79 Å². The number of amides is 4. The third-order valence-corrected chi connectivity index (χ3v) is 5.88. The maximum absolute atomic E-state index is 12.6. The number of nitrogens with one attached hydrogen (secondary N) is 2. The highest BCUT2D eigenvalue weighted by Crippen LogP contribution is 2.42. The van der Waals surface area contributed by atoms with E-state index in [4.69, 9.17) is 0 Å². The van der Waals surface area contributed by atoms with Gasteiger partial charge in [-0.3, -0.25) is 19.4 Å². The number of benzene rings is 1. The van der Waals surface area contributed by atoms with Crippen LogP contribution in [0.3, 0.4) is 0 Å². The van der Waals surface area contributed by atoms with E-state index in [9.17, 15) is 14.4 Å². The monoisotopic (exact) mass is 370 g/mol. The minimum absolute atomic E-state index is 0.0526. The molecule has 0 bridgehead atoms. The van der Waals surface area contributed by atoms with E-state index in [1.807, 2.05) is 18.2 Å². The second-order valence-corrected chi connectivity index (χ2v) is 8.07. The number of rotatable bonds is 6. The van der Waals surface area contributed by atoms with Crippen molar-refractivity contribution >= 4 is 17.8 Å². The van der Waals surface area contributed by atoms with Gasteiger partial charge in [-0.15, -0.1) is 0 Å². The smallest absolute Gasteiger partial charge is 0.325 e. The van der Waals surface area contributed by atoms with E-state index in [0.717, 1.165) is 43.8 Å². The van der Waals surface area contributed by atoms with E-state index in [2.05, 4.69) is 27.7 Å². The zero-order valence-corrected chi connectivity index (χ0v) is 15.6. The van der Waals surface area contributed by atoms with Crippen LogP contribution in [0.4, 0.5) is 4.79 Å². The summed E-state index contributed by atoms with van der Waals surface area (Å²) >= 11 is 0. The van der Waals surface area contributed by atoms with E-state index in [1.54, 1.807) is 6.92 Å². The van der Waals surface area contributed by atoms with E-state index < -0.39 is 11.6 Å². The Morgan fingerprint density at radius 3 is 2.67 bits per heavy atom. The molecule has 0 unspecified atom stereocenters. The average Bonchev–Trinajstić information content (AvgIpc) is 3.38. The fraction of sp³-hybridized carbons (Fsp3) is 0.550.